The fourth-order valence-corrected chi connectivity index (χ4v) is 1.63. The largest absolute Gasteiger partial charge is 0.469 e. The highest BCUT2D eigenvalue weighted by molar-refractivity contribution is 7.44. The Kier molecular flexibility index (Phi) is 4.32. The molecule has 0 aliphatic carbocycles. The third-order valence-corrected chi connectivity index (χ3v) is 3.26. The Bertz CT molecular complexity index is 121. The molecule has 10 heavy (non-hydrogen) atoms. The summed E-state index contributed by atoms with van der Waals surface area (Å²) in [5.74, 6) is -0.250. The molecule has 0 saturated heterocycles. The van der Waals surface area contributed by atoms with Gasteiger partial charge in [-0.25, -0.2) is 0 Å². The SMILES string of the molecule is COC(=O)CC[Si](C)(Cl)Cl. The maximum absolute atomic E-state index is 10.5. The van der Waals surface area contributed by atoms with Crippen LogP contribution in [-0.2, 0) is 9.53 Å². The highest BCUT2D eigenvalue weighted by Crippen LogP contribution is 2.21. The number of hydrogen-bond acceptors (Lipinski definition) is 2. The van der Waals surface area contributed by atoms with Crippen molar-refractivity contribution < 1.29 is 9.53 Å². The molecule has 0 saturated carbocycles. The lowest BCUT2D eigenvalue weighted by Crippen LogP contribution is -2.14. The molecule has 0 unspecified atom stereocenters. The maximum atomic E-state index is 10.5. The lowest BCUT2D eigenvalue weighted by molar-refractivity contribution is -0.140. The molecule has 0 bridgehead atoms. The van der Waals surface area contributed by atoms with Crippen LogP contribution in [0.4, 0.5) is 0 Å². The van der Waals surface area contributed by atoms with Gasteiger partial charge < -0.3 is 4.74 Å². The molecule has 0 fully saturated rings. The Morgan fingerprint density at radius 1 is 1.60 bits per heavy atom. The van der Waals surface area contributed by atoms with E-state index in [-0.39, 0.29) is 5.97 Å². The highest BCUT2D eigenvalue weighted by Gasteiger charge is 2.21. The van der Waals surface area contributed by atoms with E-state index in [0.717, 1.165) is 0 Å². The van der Waals surface area contributed by atoms with Gasteiger partial charge in [0.1, 0.15) is 0 Å². The van der Waals surface area contributed by atoms with Gasteiger partial charge in [0, 0.05) is 6.42 Å². The number of esters is 1. The van der Waals surface area contributed by atoms with Gasteiger partial charge in [-0.15, -0.1) is 22.2 Å². The molecule has 0 spiro atoms. The molecular formula is C5H10Cl2O2Si. The van der Waals surface area contributed by atoms with E-state index in [9.17, 15) is 4.79 Å². The minimum Gasteiger partial charge on any atom is -0.469 e. The van der Waals surface area contributed by atoms with Gasteiger partial charge in [-0.2, -0.15) is 0 Å². The van der Waals surface area contributed by atoms with E-state index >= 15 is 0 Å². The number of rotatable bonds is 3. The number of carbonyl (C=O) groups is 1. The average Bonchev–Trinajstić information content (AvgIpc) is 1.81. The fourth-order valence-electron chi connectivity index (χ4n) is 0.424. The van der Waals surface area contributed by atoms with E-state index in [1.165, 1.54) is 7.11 Å². The molecule has 0 radical (unpaired) electrons. The van der Waals surface area contributed by atoms with Crippen molar-refractivity contribution >= 4 is 34.8 Å². The molecule has 0 heterocycles. The highest BCUT2D eigenvalue weighted by atomic mass is 35.7. The van der Waals surface area contributed by atoms with Crippen LogP contribution in [0.3, 0.4) is 0 Å². The summed E-state index contributed by atoms with van der Waals surface area (Å²) in [6.07, 6.45) is 0.326. The van der Waals surface area contributed by atoms with Gasteiger partial charge >= 0.3 is 5.97 Å². The van der Waals surface area contributed by atoms with E-state index in [1.807, 2.05) is 0 Å². The van der Waals surface area contributed by atoms with Crippen molar-refractivity contribution in [1.29, 1.82) is 0 Å². The summed E-state index contributed by atoms with van der Waals surface area (Å²) in [5.41, 5.74) is 0. The Balaban J connectivity index is 3.46. The number of ether oxygens (including phenoxy) is 1. The number of halogens is 2. The lowest BCUT2D eigenvalue weighted by Gasteiger charge is -2.07. The zero-order valence-electron chi connectivity index (χ0n) is 5.99. The molecule has 0 aromatic rings. The summed E-state index contributed by atoms with van der Waals surface area (Å²) in [7, 11) is 1.35. The molecular weight excluding hydrogens is 191 g/mol. The lowest BCUT2D eigenvalue weighted by atomic mass is 10.5. The smallest absolute Gasteiger partial charge is 0.305 e. The van der Waals surface area contributed by atoms with Gasteiger partial charge in [0.15, 0.2) is 0 Å². The van der Waals surface area contributed by atoms with Crippen LogP contribution in [0.2, 0.25) is 12.6 Å². The van der Waals surface area contributed by atoms with E-state index in [0.29, 0.717) is 12.5 Å². The first-order valence-electron chi connectivity index (χ1n) is 2.90. The topological polar surface area (TPSA) is 26.3 Å². The first kappa shape index (κ1) is 10.3. The summed E-state index contributed by atoms with van der Waals surface area (Å²) in [4.78, 5) is 10.5. The van der Waals surface area contributed by atoms with Crippen molar-refractivity contribution in [2.24, 2.45) is 0 Å². The molecule has 0 aliphatic heterocycles. The first-order valence-corrected chi connectivity index (χ1v) is 7.63. The summed E-state index contributed by atoms with van der Waals surface area (Å²) >= 11 is 11.5. The monoisotopic (exact) mass is 200 g/mol. The van der Waals surface area contributed by atoms with Crippen LogP contribution in [0.25, 0.3) is 0 Å². The molecule has 0 N–H and O–H groups in total. The molecule has 5 heteroatoms. The van der Waals surface area contributed by atoms with Gasteiger partial charge in [-0.1, -0.05) is 0 Å². The molecule has 0 rings (SSSR count). The first-order chi connectivity index (χ1) is 4.45. The maximum Gasteiger partial charge on any atom is 0.305 e. The van der Waals surface area contributed by atoms with Crippen LogP contribution in [0, 0.1) is 0 Å². The van der Waals surface area contributed by atoms with Crippen LogP contribution in [0.1, 0.15) is 6.42 Å². The molecule has 0 amide bonds. The molecule has 0 atom stereocenters. The van der Waals surface area contributed by atoms with Crippen molar-refractivity contribution in [3.63, 3.8) is 0 Å². The minimum absolute atomic E-state index is 0.250. The second-order valence-electron chi connectivity index (χ2n) is 2.15. The van der Waals surface area contributed by atoms with E-state index < -0.39 is 6.69 Å². The normalized spacial score (nSPS) is 11.2. The number of hydrogen-bond donors (Lipinski definition) is 0. The van der Waals surface area contributed by atoms with E-state index in [2.05, 4.69) is 4.74 Å². The van der Waals surface area contributed by atoms with Crippen LogP contribution in [-0.4, -0.2) is 19.8 Å². The van der Waals surface area contributed by atoms with Crippen LogP contribution >= 0.6 is 22.2 Å². The van der Waals surface area contributed by atoms with Gasteiger partial charge in [0.2, 0.25) is 6.69 Å². The zero-order chi connectivity index (χ0) is 8.20. The quantitative estimate of drug-likeness (QED) is 0.397. The molecule has 0 aromatic heterocycles. The van der Waals surface area contributed by atoms with Gasteiger partial charge in [0.05, 0.1) is 7.11 Å². The summed E-state index contributed by atoms with van der Waals surface area (Å²) < 4.78 is 4.41. The average molecular weight is 201 g/mol. The Labute approximate surface area is 70.9 Å². The third kappa shape index (κ3) is 6.39. The van der Waals surface area contributed by atoms with Crippen molar-refractivity contribution in [1.82, 2.24) is 0 Å². The van der Waals surface area contributed by atoms with Crippen LogP contribution in [0.15, 0.2) is 0 Å². The Morgan fingerprint density at radius 3 is 2.40 bits per heavy atom. The predicted molar refractivity (Wildman–Crippen MR) is 44.8 cm³/mol. The van der Waals surface area contributed by atoms with Crippen molar-refractivity contribution in [2.75, 3.05) is 7.11 Å². The van der Waals surface area contributed by atoms with Gasteiger partial charge in [0.25, 0.3) is 0 Å². The van der Waals surface area contributed by atoms with Crippen LogP contribution in [0.5, 0.6) is 0 Å². The zero-order valence-corrected chi connectivity index (χ0v) is 8.50. The van der Waals surface area contributed by atoms with E-state index in [1.54, 1.807) is 6.55 Å². The fraction of sp³-hybridized carbons (Fsp3) is 0.800. The number of methoxy groups -OCH3 is 1. The van der Waals surface area contributed by atoms with Crippen molar-refractivity contribution in [3.8, 4) is 0 Å². The second kappa shape index (κ2) is 4.21. The second-order valence-corrected chi connectivity index (χ2v) is 10.4. The van der Waals surface area contributed by atoms with Gasteiger partial charge in [-0.05, 0) is 12.6 Å². The standard InChI is InChI=1S/C5H10Cl2O2Si/c1-9-5(8)3-4-10(2,6)7/h3-4H2,1-2H3. The minimum atomic E-state index is -2.09. The third-order valence-electron chi connectivity index (χ3n) is 0.996. The Morgan fingerprint density at radius 2 is 2.10 bits per heavy atom. The molecule has 0 aromatic carbocycles. The molecule has 2 nitrogen and oxygen atoms in total. The van der Waals surface area contributed by atoms with Gasteiger partial charge in [-0.3, -0.25) is 4.79 Å². The Hall–Kier alpha value is 0.267. The van der Waals surface area contributed by atoms with Crippen molar-refractivity contribution in [3.05, 3.63) is 0 Å². The summed E-state index contributed by atoms with van der Waals surface area (Å²) in [6.45, 7) is -0.316. The van der Waals surface area contributed by atoms with E-state index in [4.69, 9.17) is 22.2 Å². The number of carbonyl (C=O) groups excluding carboxylic acids is 1. The molecule has 60 valence electrons. The predicted octanol–water partition coefficient (Wildman–Crippen LogP) is 2.10. The summed E-state index contributed by atoms with van der Waals surface area (Å²) in [5, 5.41) is 0. The molecule has 0 aliphatic rings. The summed E-state index contributed by atoms with van der Waals surface area (Å²) in [6, 6.07) is 0.558. The van der Waals surface area contributed by atoms with Crippen LogP contribution < -0.4 is 0 Å². The van der Waals surface area contributed by atoms with Crippen molar-refractivity contribution in [2.45, 2.75) is 19.0 Å².